The molecular formula is C78H104ClI2N5O2. The minimum Gasteiger partial charge on any atom is -1.00 e. The van der Waals surface area contributed by atoms with Crippen molar-refractivity contribution < 1.29 is 67.3 Å². The van der Waals surface area contributed by atoms with Gasteiger partial charge in [0.05, 0.1) is 5.41 Å². The third-order valence-electron chi connectivity index (χ3n) is 18.8. The summed E-state index contributed by atoms with van der Waals surface area (Å²) in [5, 5.41) is 18.7. The number of fused-ring (bicyclic) bond motifs is 4. The van der Waals surface area contributed by atoms with Crippen LogP contribution in [0.1, 0.15) is 183 Å². The maximum atomic E-state index is 9.94. The zero-order valence-corrected chi connectivity index (χ0v) is 60.9. The van der Waals surface area contributed by atoms with E-state index in [9.17, 15) is 5.11 Å². The van der Waals surface area contributed by atoms with Gasteiger partial charge in [0, 0.05) is 117 Å². The molecule has 10 heteroatoms. The highest BCUT2D eigenvalue weighted by atomic mass is 127. The number of aliphatic hydroxyl groups is 2. The first-order valence-corrected chi connectivity index (χ1v) is 33.1. The Hall–Kier alpha value is -4.79. The molecule has 0 unspecified atom stereocenters. The minimum atomic E-state index is -0.0520. The number of para-hydroxylation sites is 4. The molecule has 4 aromatic carbocycles. The Balaban J connectivity index is 0.000000260. The molecule has 474 valence electrons. The second-order valence-corrected chi connectivity index (χ2v) is 26.8. The van der Waals surface area contributed by atoms with Crippen molar-refractivity contribution >= 4 is 45.8 Å². The van der Waals surface area contributed by atoms with Gasteiger partial charge in [0.2, 0.25) is 11.4 Å². The van der Waals surface area contributed by atoms with Crippen molar-refractivity contribution in [2.24, 2.45) is 0 Å². The molecule has 4 aromatic rings. The van der Waals surface area contributed by atoms with E-state index in [0.717, 1.165) is 102 Å². The molecule has 4 heterocycles. The van der Waals surface area contributed by atoms with Crippen molar-refractivity contribution in [3.8, 4) is 0 Å². The molecule has 0 saturated heterocycles. The van der Waals surface area contributed by atoms with Gasteiger partial charge in [-0.15, -0.1) is 0 Å². The molecule has 10 rings (SSSR count). The van der Waals surface area contributed by atoms with Gasteiger partial charge in [-0.2, -0.15) is 4.58 Å². The van der Waals surface area contributed by atoms with Crippen molar-refractivity contribution in [2.75, 3.05) is 67.7 Å². The maximum absolute atomic E-state index is 9.94. The molecule has 0 aromatic heterocycles. The summed E-state index contributed by atoms with van der Waals surface area (Å²) >= 11 is 7.13. The Morgan fingerprint density at radius 1 is 0.477 bits per heavy atom. The van der Waals surface area contributed by atoms with E-state index in [1.165, 1.54) is 95.8 Å². The quantitative estimate of drug-likeness (QED) is 0.0865. The van der Waals surface area contributed by atoms with E-state index >= 15 is 0 Å². The fourth-order valence-corrected chi connectivity index (χ4v) is 14.7. The van der Waals surface area contributed by atoms with Crippen LogP contribution in [-0.4, -0.2) is 83.8 Å². The van der Waals surface area contributed by atoms with Crippen molar-refractivity contribution in [1.29, 1.82) is 0 Å². The molecule has 6 aliphatic rings. The fourth-order valence-electron chi connectivity index (χ4n) is 14.3. The van der Waals surface area contributed by atoms with Crippen LogP contribution in [0.3, 0.4) is 0 Å². The summed E-state index contributed by atoms with van der Waals surface area (Å²) in [5.74, 6) is 0. The van der Waals surface area contributed by atoms with Gasteiger partial charge in [-0.05, 0) is 142 Å². The maximum Gasteiger partial charge on any atom is 0.209 e. The lowest BCUT2D eigenvalue weighted by molar-refractivity contribution is -0.499. The Labute approximate surface area is 570 Å². The predicted octanol–water partition coefficient (Wildman–Crippen LogP) is 12.4. The van der Waals surface area contributed by atoms with Crippen LogP contribution in [0.5, 0.6) is 0 Å². The molecule has 0 radical (unpaired) electrons. The van der Waals surface area contributed by atoms with Crippen LogP contribution in [0.2, 0.25) is 0 Å². The van der Waals surface area contributed by atoms with E-state index in [2.05, 4.69) is 260 Å². The smallest absolute Gasteiger partial charge is 0.209 e. The third-order valence-corrected chi connectivity index (χ3v) is 19.2. The van der Waals surface area contributed by atoms with Crippen LogP contribution in [0.4, 0.5) is 22.7 Å². The van der Waals surface area contributed by atoms with Crippen molar-refractivity contribution in [2.45, 2.75) is 182 Å². The number of hydrogen-bond donors (Lipinski definition) is 2. The topological polar surface area (TPSA) is 56.2 Å². The zero-order chi connectivity index (χ0) is 62.0. The van der Waals surface area contributed by atoms with E-state index in [1.807, 2.05) is 6.92 Å². The summed E-state index contributed by atoms with van der Waals surface area (Å²) in [6.45, 7) is 34.9. The van der Waals surface area contributed by atoms with Gasteiger partial charge in [-0.1, -0.05) is 185 Å². The summed E-state index contributed by atoms with van der Waals surface area (Å²) in [7, 11) is 2.14. The first kappa shape index (κ1) is 72.3. The monoisotopic (exact) mass is 1430 g/mol. The first-order valence-electron chi connectivity index (χ1n) is 32.8. The number of allylic oxidation sites excluding steroid dienone is 16. The molecule has 1 fully saturated rings. The highest BCUT2D eigenvalue weighted by Gasteiger charge is 2.45. The van der Waals surface area contributed by atoms with Gasteiger partial charge < -0.3 is 72.9 Å². The molecule has 2 N–H and O–H groups in total. The lowest BCUT2D eigenvalue weighted by Gasteiger charge is -2.27. The molecule has 0 bridgehead atoms. The van der Waals surface area contributed by atoms with Crippen molar-refractivity contribution in [3.63, 3.8) is 0 Å². The Morgan fingerprint density at radius 2 is 0.864 bits per heavy atom. The lowest BCUT2D eigenvalue weighted by atomic mass is 9.81. The summed E-state index contributed by atoms with van der Waals surface area (Å²) in [5.41, 5.74) is 22.8. The van der Waals surface area contributed by atoms with Crippen LogP contribution in [0, 0.1) is 0 Å². The molecular weight excluding hydrogens is 1330 g/mol. The highest BCUT2D eigenvalue weighted by Crippen LogP contribution is 2.51. The first-order chi connectivity index (χ1) is 41.3. The largest absolute Gasteiger partial charge is 1.00 e. The number of nitrogens with zero attached hydrogens (tertiary/aromatic N) is 5. The predicted molar refractivity (Wildman–Crippen MR) is 370 cm³/mol. The lowest BCUT2D eigenvalue weighted by Crippen LogP contribution is -3.00. The summed E-state index contributed by atoms with van der Waals surface area (Å²) in [6.07, 6.45) is 30.5. The normalized spacial score (nSPS) is 21.8. The molecule has 0 amide bonds. The summed E-state index contributed by atoms with van der Waals surface area (Å²) in [6, 6.07) is 35.5. The minimum absolute atomic E-state index is 0. The van der Waals surface area contributed by atoms with Gasteiger partial charge in [0.25, 0.3) is 0 Å². The zero-order valence-electron chi connectivity index (χ0n) is 55.8. The van der Waals surface area contributed by atoms with Gasteiger partial charge >= 0.3 is 0 Å². The second-order valence-electron chi connectivity index (χ2n) is 26.4. The van der Waals surface area contributed by atoms with Crippen molar-refractivity contribution in [3.05, 3.63) is 212 Å². The van der Waals surface area contributed by atoms with E-state index in [-0.39, 0.29) is 76.2 Å². The number of aliphatic hydroxyl groups excluding tert-OH is 2. The standard InChI is InChI=1S/C39H52N3O.C36H44ClN2.C3H8O.2HI/c1-8-25-41-33-19-12-10-17-31(33)38(3,4)35(41)23-21-29-15-14-16-30(37(29)40(7)27-28-43)22-24-36-39(5,6)32-18-11-13-20-34(32)42(36)26-9-2;1-7-24-38-30-18-11-9-16-28(30)35(3,4)32(38)22-20-26-14-13-15-27(34(26)37)21-23-33-36(5,6)29-17-10-12-19-31(29)39(33)25-8-2;1-2-3-4;;/h10-13,17-24,43H,8-9,14-16,25-28H2,1-7H3;9-12,16-23H,7-8,13-15,24-25H2,1-6H3;4H,2-3H2,1H3;2*1H/q2*+1;;;/p-2. The summed E-state index contributed by atoms with van der Waals surface area (Å²) < 4.78 is 4.77. The molecule has 1 saturated carbocycles. The fraction of sp³-hybridized carbons (Fsp3) is 0.462. The van der Waals surface area contributed by atoms with Crippen LogP contribution < -0.4 is 62.7 Å². The number of hydrogen-bond acceptors (Lipinski definition) is 5. The van der Waals surface area contributed by atoms with Crippen LogP contribution in [0.15, 0.2) is 190 Å². The molecule has 0 atom stereocenters. The van der Waals surface area contributed by atoms with Crippen LogP contribution in [-0.2, 0) is 21.7 Å². The molecule has 4 aliphatic heterocycles. The number of halogens is 3. The van der Waals surface area contributed by atoms with Crippen LogP contribution >= 0.6 is 11.6 Å². The number of benzene rings is 4. The van der Waals surface area contributed by atoms with Crippen LogP contribution in [0.25, 0.3) is 0 Å². The molecule has 2 aliphatic carbocycles. The average Bonchev–Trinajstić information content (AvgIpc) is 2.76. The molecule has 88 heavy (non-hydrogen) atoms. The highest BCUT2D eigenvalue weighted by molar-refractivity contribution is 6.32. The Kier molecular flexibility index (Phi) is 26.3. The molecule has 0 spiro atoms. The van der Waals surface area contributed by atoms with Gasteiger partial charge in [-0.25, -0.2) is 4.58 Å². The summed E-state index contributed by atoms with van der Waals surface area (Å²) in [4.78, 5) is 7.55. The Morgan fingerprint density at radius 3 is 1.27 bits per heavy atom. The van der Waals surface area contributed by atoms with E-state index in [0.29, 0.717) is 13.2 Å². The molecule has 7 nitrogen and oxygen atoms in total. The van der Waals surface area contributed by atoms with E-state index in [4.69, 9.17) is 16.7 Å². The van der Waals surface area contributed by atoms with E-state index < -0.39 is 0 Å². The number of likely N-dealkylation sites (N-methyl/N-ethyl adjacent to an activating group) is 1. The Bertz CT molecular complexity index is 3310. The van der Waals surface area contributed by atoms with Crippen molar-refractivity contribution in [1.82, 2.24) is 0 Å². The van der Waals surface area contributed by atoms with Gasteiger partial charge in [-0.3, -0.25) is 0 Å². The van der Waals surface area contributed by atoms with Gasteiger partial charge in [0.1, 0.15) is 20.2 Å². The van der Waals surface area contributed by atoms with E-state index in [1.54, 1.807) is 0 Å². The SMILES string of the molecule is CCCN1/C(=C/C=C2\CCCC(/C=C/C3=[N+](CCC)c4ccccc4C3(C)C)=C2Cl)C(C)(C)c2ccccc21.CCCN1C(=CC=C2CCC/C(=C\C=C3\N(CCC)c4ccccc4C3(C)C)C2=[N+](C)CCO)C(C)(C)c2ccccc21.CCCO.[I-].[I-]. The average molecular weight is 1430 g/mol. The van der Waals surface area contributed by atoms with Gasteiger partial charge in [0.15, 0.2) is 12.3 Å². The second kappa shape index (κ2) is 32.0. The third kappa shape index (κ3) is 14.9. The number of anilines is 3. The number of rotatable bonds is 16.